The Kier molecular flexibility index (Phi) is 6.06. The van der Waals surface area contributed by atoms with Crippen molar-refractivity contribution in [1.29, 1.82) is 0 Å². The molecular weight excluding hydrogens is 342 g/mol. The van der Waals surface area contributed by atoms with Crippen LogP contribution in [0.25, 0.3) is 0 Å². The largest absolute Gasteiger partial charge is 0.481 e. The Morgan fingerprint density at radius 1 is 1.19 bits per heavy atom. The Morgan fingerprint density at radius 3 is 2.63 bits per heavy atom. The van der Waals surface area contributed by atoms with E-state index in [-0.39, 0.29) is 18.4 Å². The summed E-state index contributed by atoms with van der Waals surface area (Å²) < 4.78 is 0. The van der Waals surface area contributed by atoms with Gasteiger partial charge in [-0.1, -0.05) is 18.2 Å². The van der Waals surface area contributed by atoms with Gasteiger partial charge in [-0.3, -0.25) is 9.59 Å². The fourth-order valence-electron chi connectivity index (χ4n) is 3.52. The van der Waals surface area contributed by atoms with E-state index in [9.17, 15) is 9.59 Å². The average Bonchev–Trinajstić information content (AvgIpc) is 2.72. The predicted octanol–water partition coefficient (Wildman–Crippen LogP) is 3.71. The SMILES string of the molecule is CN(c1ccccc1)c1ccc(C(=O)N2CCCCC2CCC(=O)O)cn1. The zero-order valence-electron chi connectivity index (χ0n) is 15.5. The zero-order chi connectivity index (χ0) is 19.2. The summed E-state index contributed by atoms with van der Waals surface area (Å²) in [6.45, 7) is 0.675. The minimum Gasteiger partial charge on any atom is -0.481 e. The molecule has 2 heterocycles. The highest BCUT2D eigenvalue weighted by Gasteiger charge is 2.28. The summed E-state index contributed by atoms with van der Waals surface area (Å²) in [7, 11) is 1.94. The van der Waals surface area contributed by atoms with Crippen LogP contribution < -0.4 is 4.90 Å². The van der Waals surface area contributed by atoms with Crippen LogP contribution in [0.4, 0.5) is 11.5 Å². The van der Waals surface area contributed by atoms with Gasteiger partial charge in [0.2, 0.25) is 0 Å². The van der Waals surface area contributed by atoms with E-state index in [0.29, 0.717) is 18.5 Å². The van der Waals surface area contributed by atoms with Crippen molar-refractivity contribution >= 4 is 23.4 Å². The number of nitrogens with zero attached hydrogens (tertiary/aromatic N) is 3. The van der Waals surface area contributed by atoms with Crippen molar-refractivity contribution in [1.82, 2.24) is 9.88 Å². The van der Waals surface area contributed by atoms with Gasteiger partial charge in [0.1, 0.15) is 5.82 Å². The molecule has 0 aliphatic carbocycles. The molecule has 3 rings (SSSR count). The third kappa shape index (κ3) is 4.64. The van der Waals surface area contributed by atoms with Crippen molar-refractivity contribution < 1.29 is 14.7 Å². The van der Waals surface area contributed by atoms with E-state index in [4.69, 9.17) is 5.11 Å². The summed E-state index contributed by atoms with van der Waals surface area (Å²) in [6.07, 6.45) is 5.06. The van der Waals surface area contributed by atoms with Gasteiger partial charge in [-0.25, -0.2) is 4.98 Å². The molecule has 1 fully saturated rings. The molecule has 27 heavy (non-hydrogen) atoms. The predicted molar refractivity (Wildman–Crippen MR) is 104 cm³/mol. The zero-order valence-corrected chi connectivity index (χ0v) is 15.5. The van der Waals surface area contributed by atoms with Crippen LogP contribution in [0, 0.1) is 0 Å². The van der Waals surface area contributed by atoms with Crippen molar-refractivity contribution in [2.75, 3.05) is 18.5 Å². The molecule has 1 aliphatic heterocycles. The molecule has 1 amide bonds. The second-order valence-corrected chi connectivity index (χ2v) is 6.88. The van der Waals surface area contributed by atoms with Gasteiger partial charge in [-0.2, -0.15) is 0 Å². The van der Waals surface area contributed by atoms with Gasteiger partial charge in [0.05, 0.1) is 5.56 Å². The van der Waals surface area contributed by atoms with Gasteiger partial charge in [0.25, 0.3) is 5.91 Å². The number of hydrogen-bond donors (Lipinski definition) is 1. The number of rotatable bonds is 6. The minimum atomic E-state index is -0.817. The maximum atomic E-state index is 12.9. The lowest BCUT2D eigenvalue weighted by Gasteiger charge is -2.35. The maximum absolute atomic E-state index is 12.9. The number of anilines is 2. The topological polar surface area (TPSA) is 73.7 Å². The third-order valence-corrected chi connectivity index (χ3v) is 5.06. The van der Waals surface area contributed by atoms with Crippen LogP contribution in [0.15, 0.2) is 48.7 Å². The van der Waals surface area contributed by atoms with Crippen LogP contribution in [-0.2, 0) is 4.79 Å². The molecule has 1 N–H and O–H groups in total. The van der Waals surface area contributed by atoms with Crippen molar-refractivity contribution in [3.8, 4) is 0 Å². The highest BCUT2D eigenvalue weighted by atomic mass is 16.4. The molecule has 6 heteroatoms. The molecule has 0 radical (unpaired) electrons. The fourth-order valence-corrected chi connectivity index (χ4v) is 3.52. The number of aromatic nitrogens is 1. The number of hydrogen-bond acceptors (Lipinski definition) is 4. The van der Waals surface area contributed by atoms with E-state index < -0.39 is 5.97 Å². The van der Waals surface area contributed by atoms with Crippen LogP contribution in [0.3, 0.4) is 0 Å². The number of carbonyl (C=O) groups excluding carboxylic acids is 1. The van der Waals surface area contributed by atoms with Gasteiger partial charge >= 0.3 is 5.97 Å². The lowest BCUT2D eigenvalue weighted by Crippen LogP contribution is -2.44. The lowest BCUT2D eigenvalue weighted by molar-refractivity contribution is -0.137. The van der Waals surface area contributed by atoms with Crippen molar-refractivity contribution in [2.45, 2.75) is 38.1 Å². The summed E-state index contributed by atoms with van der Waals surface area (Å²) in [6, 6.07) is 13.5. The first-order valence-corrected chi connectivity index (χ1v) is 9.34. The van der Waals surface area contributed by atoms with Crippen LogP contribution in [-0.4, -0.2) is 46.5 Å². The molecule has 1 atom stereocenters. The van der Waals surface area contributed by atoms with Gasteiger partial charge in [-0.05, 0) is 49.9 Å². The normalized spacial score (nSPS) is 16.8. The molecule has 0 spiro atoms. The first-order valence-electron chi connectivity index (χ1n) is 9.34. The number of carbonyl (C=O) groups is 2. The molecule has 2 aromatic rings. The van der Waals surface area contributed by atoms with E-state index in [2.05, 4.69) is 4.98 Å². The Hall–Kier alpha value is -2.89. The van der Waals surface area contributed by atoms with Gasteiger partial charge in [0, 0.05) is 37.9 Å². The molecule has 0 bridgehead atoms. The van der Waals surface area contributed by atoms with Crippen molar-refractivity contribution in [2.24, 2.45) is 0 Å². The molecule has 0 saturated carbocycles. The minimum absolute atomic E-state index is 0.00554. The maximum Gasteiger partial charge on any atom is 0.303 e. The molecule has 1 aliphatic rings. The second kappa shape index (κ2) is 8.66. The first kappa shape index (κ1) is 18.9. The van der Waals surface area contributed by atoms with Crippen molar-refractivity contribution in [3.05, 3.63) is 54.2 Å². The number of benzene rings is 1. The highest BCUT2D eigenvalue weighted by molar-refractivity contribution is 5.94. The number of carboxylic acid groups (broad SMARTS) is 1. The number of likely N-dealkylation sites (tertiary alicyclic amines) is 1. The van der Waals surface area contributed by atoms with Crippen molar-refractivity contribution in [3.63, 3.8) is 0 Å². The Morgan fingerprint density at radius 2 is 1.96 bits per heavy atom. The Balaban J connectivity index is 1.71. The van der Waals surface area contributed by atoms with Gasteiger partial charge in [0.15, 0.2) is 0 Å². The van der Waals surface area contributed by atoms with E-state index >= 15 is 0 Å². The van der Waals surface area contributed by atoms with Gasteiger partial charge in [-0.15, -0.1) is 0 Å². The summed E-state index contributed by atoms with van der Waals surface area (Å²) in [5.74, 6) is -0.117. The first-order chi connectivity index (χ1) is 13.1. The van der Waals surface area contributed by atoms with E-state index in [1.807, 2.05) is 53.2 Å². The molecular formula is C21H25N3O3. The van der Waals surface area contributed by atoms with Crippen LogP contribution in [0.5, 0.6) is 0 Å². The molecule has 6 nitrogen and oxygen atoms in total. The standard InChI is InChI=1S/C21H25N3O3/c1-23(17-7-3-2-4-8-17)19-12-10-16(15-22-19)21(27)24-14-6-5-9-18(24)11-13-20(25)26/h2-4,7-8,10,12,15,18H,5-6,9,11,13-14H2,1H3,(H,25,26). The smallest absolute Gasteiger partial charge is 0.303 e. The lowest BCUT2D eigenvalue weighted by atomic mass is 9.97. The quantitative estimate of drug-likeness (QED) is 0.842. The van der Waals surface area contributed by atoms with Crippen LogP contribution in [0.2, 0.25) is 0 Å². The molecule has 1 saturated heterocycles. The third-order valence-electron chi connectivity index (χ3n) is 5.06. The monoisotopic (exact) mass is 367 g/mol. The summed E-state index contributed by atoms with van der Waals surface area (Å²) >= 11 is 0. The number of aliphatic carboxylic acids is 1. The summed E-state index contributed by atoms with van der Waals surface area (Å²) in [5.41, 5.74) is 1.57. The van der Waals surface area contributed by atoms with E-state index in [1.54, 1.807) is 12.3 Å². The molecule has 142 valence electrons. The Labute approximate surface area is 159 Å². The molecule has 1 unspecified atom stereocenters. The molecule has 1 aromatic carbocycles. The van der Waals surface area contributed by atoms with E-state index in [0.717, 1.165) is 30.8 Å². The highest BCUT2D eigenvalue weighted by Crippen LogP contribution is 2.25. The average molecular weight is 367 g/mol. The number of carboxylic acids is 1. The Bertz CT molecular complexity index is 777. The number of piperidine rings is 1. The van der Waals surface area contributed by atoms with Crippen LogP contribution in [0.1, 0.15) is 42.5 Å². The van der Waals surface area contributed by atoms with Gasteiger partial charge < -0.3 is 14.9 Å². The number of amides is 1. The number of para-hydroxylation sites is 1. The summed E-state index contributed by atoms with van der Waals surface area (Å²) in [5, 5.41) is 8.94. The fraction of sp³-hybridized carbons (Fsp3) is 0.381. The summed E-state index contributed by atoms with van der Waals surface area (Å²) in [4.78, 5) is 32.1. The molecule has 1 aromatic heterocycles. The van der Waals surface area contributed by atoms with E-state index in [1.165, 1.54) is 0 Å². The number of pyridine rings is 1. The van der Waals surface area contributed by atoms with Crippen LogP contribution >= 0.6 is 0 Å². The second-order valence-electron chi connectivity index (χ2n) is 6.88.